The van der Waals surface area contributed by atoms with Gasteiger partial charge in [0.2, 0.25) is 0 Å². The molecule has 0 amide bonds. The third-order valence-corrected chi connectivity index (χ3v) is 6.50. The van der Waals surface area contributed by atoms with Gasteiger partial charge in [-0.2, -0.15) is 0 Å². The van der Waals surface area contributed by atoms with Gasteiger partial charge in [0.1, 0.15) is 9.81 Å². The van der Waals surface area contributed by atoms with Crippen LogP contribution in [0.5, 0.6) is 0 Å². The zero-order chi connectivity index (χ0) is 17.6. The number of thiophene rings is 1. The predicted molar refractivity (Wildman–Crippen MR) is 93.9 cm³/mol. The van der Waals surface area contributed by atoms with Crippen molar-refractivity contribution in [1.29, 1.82) is 0 Å². The van der Waals surface area contributed by atoms with Crippen molar-refractivity contribution in [1.82, 2.24) is 0 Å². The summed E-state index contributed by atoms with van der Waals surface area (Å²) in [5, 5.41) is 10.4. The van der Waals surface area contributed by atoms with Crippen molar-refractivity contribution in [3.63, 3.8) is 0 Å². The Morgan fingerprint density at radius 3 is 2.38 bits per heavy atom. The molecule has 1 unspecified atom stereocenters. The molecule has 0 fully saturated rings. The van der Waals surface area contributed by atoms with Crippen LogP contribution in [0.3, 0.4) is 0 Å². The SMILES string of the molecule is CC(O)(COCCOCc1ccccc1)c1ccc(S(C)(=O)=O)s1. The van der Waals surface area contributed by atoms with Crippen LogP contribution in [-0.2, 0) is 31.5 Å². The maximum absolute atomic E-state index is 11.5. The number of rotatable bonds is 9. The summed E-state index contributed by atoms with van der Waals surface area (Å²) in [7, 11) is -3.25. The van der Waals surface area contributed by atoms with E-state index in [1.165, 1.54) is 6.07 Å². The van der Waals surface area contributed by atoms with Gasteiger partial charge in [0.15, 0.2) is 9.84 Å². The molecule has 1 aromatic heterocycles. The molecule has 1 heterocycles. The Morgan fingerprint density at radius 1 is 1.08 bits per heavy atom. The first-order valence-electron chi connectivity index (χ1n) is 7.51. The third-order valence-electron chi connectivity index (χ3n) is 3.34. The van der Waals surface area contributed by atoms with E-state index in [2.05, 4.69) is 0 Å². The van der Waals surface area contributed by atoms with Crippen molar-refractivity contribution in [2.75, 3.05) is 26.1 Å². The van der Waals surface area contributed by atoms with E-state index in [9.17, 15) is 13.5 Å². The van der Waals surface area contributed by atoms with Crippen LogP contribution < -0.4 is 0 Å². The highest BCUT2D eigenvalue weighted by atomic mass is 32.2. The molecule has 24 heavy (non-hydrogen) atoms. The normalized spacial score (nSPS) is 14.5. The van der Waals surface area contributed by atoms with E-state index >= 15 is 0 Å². The van der Waals surface area contributed by atoms with E-state index in [-0.39, 0.29) is 10.8 Å². The van der Waals surface area contributed by atoms with Crippen LogP contribution in [-0.4, -0.2) is 39.6 Å². The van der Waals surface area contributed by atoms with Crippen LogP contribution in [0.4, 0.5) is 0 Å². The number of aliphatic hydroxyl groups is 1. The molecule has 1 N–H and O–H groups in total. The predicted octanol–water partition coefficient (Wildman–Crippen LogP) is 2.59. The number of benzene rings is 1. The van der Waals surface area contributed by atoms with E-state index in [0.717, 1.165) is 23.2 Å². The number of ether oxygens (including phenoxy) is 2. The molecule has 0 radical (unpaired) electrons. The van der Waals surface area contributed by atoms with Crippen molar-refractivity contribution in [3.05, 3.63) is 52.9 Å². The molecule has 2 rings (SSSR count). The van der Waals surface area contributed by atoms with Crippen molar-refractivity contribution < 1.29 is 23.0 Å². The summed E-state index contributed by atoms with van der Waals surface area (Å²) in [6.07, 6.45) is 1.15. The Hall–Kier alpha value is -1.25. The lowest BCUT2D eigenvalue weighted by atomic mass is 10.1. The third kappa shape index (κ3) is 5.68. The summed E-state index contributed by atoms with van der Waals surface area (Å²) in [5.41, 5.74) is -0.135. The van der Waals surface area contributed by atoms with E-state index in [0.29, 0.717) is 24.7 Å². The molecule has 0 aliphatic carbocycles. The molecule has 1 aromatic carbocycles. The van der Waals surface area contributed by atoms with Gasteiger partial charge >= 0.3 is 0 Å². The smallest absolute Gasteiger partial charge is 0.184 e. The molecule has 0 spiro atoms. The van der Waals surface area contributed by atoms with E-state index in [4.69, 9.17) is 9.47 Å². The van der Waals surface area contributed by atoms with Gasteiger partial charge in [0.05, 0.1) is 26.4 Å². The van der Waals surface area contributed by atoms with Crippen LogP contribution >= 0.6 is 11.3 Å². The highest BCUT2D eigenvalue weighted by molar-refractivity contribution is 7.92. The van der Waals surface area contributed by atoms with Crippen LogP contribution in [0.1, 0.15) is 17.4 Å². The Balaban J connectivity index is 1.73. The van der Waals surface area contributed by atoms with Crippen molar-refractivity contribution in [3.8, 4) is 0 Å². The van der Waals surface area contributed by atoms with E-state index < -0.39 is 15.4 Å². The molecule has 0 aliphatic rings. The average Bonchev–Trinajstić information content (AvgIpc) is 3.03. The molecule has 0 aliphatic heterocycles. The maximum atomic E-state index is 11.5. The Kier molecular flexibility index (Phi) is 6.54. The molecule has 0 saturated heterocycles. The number of hydrogen-bond acceptors (Lipinski definition) is 6. The minimum absolute atomic E-state index is 0.0748. The molecule has 1 atom stereocenters. The van der Waals surface area contributed by atoms with Gasteiger partial charge in [-0.3, -0.25) is 0 Å². The first kappa shape index (κ1) is 19.1. The van der Waals surface area contributed by atoms with Gasteiger partial charge in [-0.1, -0.05) is 30.3 Å². The van der Waals surface area contributed by atoms with Crippen LogP contribution in [0.2, 0.25) is 0 Å². The standard InChI is InChI=1S/C17H22O5S2/c1-17(18,15-8-9-16(23-15)24(2,19)20)13-22-11-10-21-12-14-6-4-3-5-7-14/h3-9,18H,10-13H2,1-2H3. The monoisotopic (exact) mass is 370 g/mol. The van der Waals surface area contributed by atoms with Crippen LogP contribution in [0.25, 0.3) is 0 Å². The van der Waals surface area contributed by atoms with Gasteiger partial charge in [-0.15, -0.1) is 11.3 Å². The Labute approximate surface area is 146 Å². The molecule has 2 aromatic rings. The summed E-state index contributed by atoms with van der Waals surface area (Å²) in [6, 6.07) is 13.0. The second-order valence-electron chi connectivity index (χ2n) is 5.76. The molecular formula is C17H22O5S2. The first-order valence-corrected chi connectivity index (χ1v) is 10.2. The molecule has 0 saturated carbocycles. The molecule has 0 bridgehead atoms. The molecule has 5 nitrogen and oxygen atoms in total. The summed E-state index contributed by atoms with van der Waals surface area (Å²) in [5.74, 6) is 0. The second-order valence-corrected chi connectivity index (χ2v) is 9.08. The highest BCUT2D eigenvalue weighted by Crippen LogP contribution is 2.30. The highest BCUT2D eigenvalue weighted by Gasteiger charge is 2.27. The van der Waals surface area contributed by atoms with Gasteiger partial charge in [0, 0.05) is 11.1 Å². The summed E-state index contributed by atoms with van der Waals surface area (Å²) >= 11 is 1.06. The average molecular weight is 370 g/mol. The Morgan fingerprint density at radius 2 is 1.75 bits per heavy atom. The van der Waals surface area contributed by atoms with Gasteiger partial charge in [0.25, 0.3) is 0 Å². The van der Waals surface area contributed by atoms with E-state index in [1.54, 1.807) is 13.0 Å². The summed E-state index contributed by atoms with van der Waals surface area (Å²) < 4.78 is 34.2. The van der Waals surface area contributed by atoms with Gasteiger partial charge in [-0.05, 0) is 24.6 Å². The van der Waals surface area contributed by atoms with Crippen molar-refractivity contribution in [2.24, 2.45) is 0 Å². The van der Waals surface area contributed by atoms with Crippen LogP contribution in [0.15, 0.2) is 46.7 Å². The summed E-state index contributed by atoms with van der Waals surface area (Å²) in [6.45, 7) is 2.97. The fourth-order valence-electron chi connectivity index (χ4n) is 2.03. The lowest BCUT2D eigenvalue weighted by molar-refractivity contribution is -0.0508. The largest absolute Gasteiger partial charge is 0.382 e. The fourth-order valence-corrected chi connectivity index (χ4v) is 3.99. The number of sulfone groups is 1. The Bertz CT molecular complexity index is 735. The van der Waals surface area contributed by atoms with E-state index in [1.807, 2.05) is 30.3 Å². The quantitative estimate of drug-likeness (QED) is 0.687. The zero-order valence-electron chi connectivity index (χ0n) is 13.8. The lowest BCUT2D eigenvalue weighted by Gasteiger charge is -2.21. The lowest BCUT2D eigenvalue weighted by Crippen LogP contribution is -2.27. The topological polar surface area (TPSA) is 72.8 Å². The summed E-state index contributed by atoms with van der Waals surface area (Å²) in [4.78, 5) is 0.563. The first-order chi connectivity index (χ1) is 11.3. The fraction of sp³-hybridized carbons (Fsp3) is 0.412. The molecule has 132 valence electrons. The molecule has 7 heteroatoms. The van der Waals surface area contributed by atoms with Gasteiger partial charge in [-0.25, -0.2) is 8.42 Å². The van der Waals surface area contributed by atoms with Crippen LogP contribution in [0, 0.1) is 0 Å². The minimum Gasteiger partial charge on any atom is -0.382 e. The van der Waals surface area contributed by atoms with Crippen molar-refractivity contribution >= 4 is 21.2 Å². The molecular weight excluding hydrogens is 348 g/mol. The van der Waals surface area contributed by atoms with Gasteiger partial charge < -0.3 is 14.6 Å². The second kappa shape index (κ2) is 8.22. The minimum atomic E-state index is -3.25. The van der Waals surface area contributed by atoms with Crippen molar-refractivity contribution in [2.45, 2.75) is 23.3 Å². The maximum Gasteiger partial charge on any atom is 0.184 e. The number of hydrogen-bond donors (Lipinski definition) is 1. The zero-order valence-corrected chi connectivity index (χ0v) is 15.4.